The van der Waals surface area contributed by atoms with Gasteiger partial charge in [-0.2, -0.15) is 5.10 Å². The van der Waals surface area contributed by atoms with Crippen LogP contribution in [0.1, 0.15) is 32.4 Å². The molecule has 2 aliphatic heterocycles. The van der Waals surface area contributed by atoms with Crippen molar-refractivity contribution in [2.24, 2.45) is 5.41 Å². The number of rotatable bonds is 2. The number of piperidine rings is 1. The Hall–Kier alpha value is -1.20. The molecule has 0 N–H and O–H groups in total. The molecule has 0 bridgehead atoms. The van der Waals surface area contributed by atoms with Crippen molar-refractivity contribution in [2.45, 2.75) is 39.7 Å². The number of hydrogen-bond acceptors (Lipinski definition) is 5. The summed E-state index contributed by atoms with van der Waals surface area (Å²) in [6.45, 7) is 12.5. The number of hydrogen-bond donors (Lipinski definition) is 0. The van der Waals surface area contributed by atoms with Gasteiger partial charge in [0.2, 0.25) is 0 Å². The fraction of sp³-hybridized carbons (Fsp3) is 0.765. The van der Waals surface area contributed by atoms with E-state index >= 15 is 0 Å². The largest absolute Gasteiger partial charge is 0.379 e. The van der Waals surface area contributed by atoms with Crippen LogP contribution in [0.3, 0.4) is 0 Å². The molecule has 122 valence electrons. The minimum atomic E-state index is 0.228. The maximum absolute atomic E-state index is 5.97. The van der Waals surface area contributed by atoms with Crippen LogP contribution in [0, 0.1) is 12.3 Å². The van der Waals surface area contributed by atoms with E-state index in [4.69, 9.17) is 4.74 Å². The van der Waals surface area contributed by atoms with Crippen molar-refractivity contribution in [3.63, 3.8) is 0 Å². The minimum Gasteiger partial charge on any atom is -0.379 e. The van der Waals surface area contributed by atoms with Gasteiger partial charge in [-0.05, 0) is 45.7 Å². The van der Waals surface area contributed by atoms with Gasteiger partial charge in [-0.25, -0.2) is 0 Å². The van der Waals surface area contributed by atoms with E-state index in [9.17, 15) is 0 Å². The Morgan fingerprint density at radius 2 is 2.05 bits per heavy atom. The lowest BCUT2D eigenvalue weighted by Crippen LogP contribution is -2.51. The lowest BCUT2D eigenvalue weighted by molar-refractivity contribution is 0.0544. The molecule has 2 aliphatic rings. The number of aromatic nitrogens is 2. The molecular weight excluding hydrogens is 276 g/mol. The molecule has 1 aromatic heterocycles. The first kappa shape index (κ1) is 15.7. The summed E-state index contributed by atoms with van der Waals surface area (Å²) in [7, 11) is 0. The monoisotopic (exact) mass is 304 g/mol. The van der Waals surface area contributed by atoms with Crippen LogP contribution in [0.25, 0.3) is 0 Å². The first-order valence-corrected chi connectivity index (χ1v) is 8.45. The predicted octanol–water partition coefficient (Wildman–Crippen LogP) is 2.11. The second kappa shape index (κ2) is 6.50. The van der Waals surface area contributed by atoms with Crippen molar-refractivity contribution in [1.82, 2.24) is 15.1 Å². The topological polar surface area (TPSA) is 41.5 Å². The molecule has 1 atom stereocenters. The highest BCUT2D eigenvalue weighted by molar-refractivity contribution is 5.38. The Bertz CT molecular complexity index is 490. The van der Waals surface area contributed by atoms with Crippen molar-refractivity contribution in [3.8, 4) is 0 Å². The fourth-order valence-electron chi connectivity index (χ4n) is 3.68. The Morgan fingerprint density at radius 1 is 1.18 bits per heavy atom. The van der Waals surface area contributed by atoms with Crippen LogP contribution in [-0.4, -0.2) is 60.5 Å². The highest BCUT2D eigenvalue weighted by atomic mass is 16.5. The number of anilines is 1. The predicted molar refractivity (Wildman–Crippen MR) is 88.2 cm³/mol. The van der Waals surface area contributed by atoms with E-state index in [1.54, 1.807) is 0 Å². The van der Waals surface area contributed by atoms with Crippen molar-refractivity contribution < 1.29 is 4.74 Å². The van der Waals surface area contributed by atoms with Gasteiger partial charge in [0.1, 0.15) is 0 Å². The molecular formula is C17H28N4O. The standard InChI is InChI=1S/C17H28N4O/c1-14(2)20-9-10-22-13-17(11-20)7-4-8-21(12-17)16-6-5-15(3)18-19-16/h5-6,14H,4,7-13H2,1-3H3. The molecule has 22 heavy (non-hydrogen) atoms. The van der Waals surface area contributed by atoms with Crippen LogP contribution in [0.5, 0.6) is 0 Å². The summed E-state index contributed by atoms with van der Waals surface area (Å²) in [4.78, 5) is 4.96. The molecule has 2 fully saturated rings. The van der Waals surface area contributed by atoms with Gasteiger partial charge in [-0.1, -0.05) is 0 Å². The van der Waals surface area contributed by atoms with Gasteiger partial charge in [-0.15, -0.1) is 5.10 Å². The third kappa shape index (κ3) is 3.41. The smallest absolute Gasteiger partial charge is 0.151 e. The zero-order valence-corrected chi connectivity index (χ0v) is 14.1. The van der Waals surface area contributed by atoms with Gasteiger partial charge >= 0.3 is 0 Å². The van der Waals surface area contributed by atoms with Crippen LogP contribution in [0.2, 0.25) is 0 Å². The van der Waals surface area contributed by atoms with Crippen LogP contribution in [0.15, 0.2) is 12.1 Å². The summed E-state index contributed by atoms with van der Waals surface area (Å²) in [5, 5.41) is 8.60. The van der Waals surface area contributed by atoms with E-state index in [1.165, 1.54) is 12.8 Å². The molecule has 0 amide bonds. The summed E-state index contributed by atoms with van der Waals surface area (Å²) in [5.74, 6) is 1.00. The van der Waals surface area contributed by atoms with E-state index in [0.29, 0.717) is 6.04 Å². The lowest BCUT2D eigenvalue weighted by Gasteiger charge is -2.44. The number of ether oxygens (including phenoxy) is 1. The van der Waals surface area contributed by atoms with Crippen LogP contribution in [0.4, 0.5) is 5.82 Å². The highest BCUT2D eigenvalue weighted by Gasteiger charge is 2.39. The molecule has 3 rings (SSSR count). The van der Waals surface area contributed by atoms with Gasteiger partial charge in [0.05, 0.1) is 18.9 Å². The Labute approximate surface area is 133 Å². The first-order valence-electron chi connectivity index (χ1n) is 8.45. The zero-order chi connectivity index (χ0) is 15.6. The van der Waals surface area contributed by atoms with Gasteiger partial charge in [0.15, 0.2) is 5.82 Å². The van der Waals surface area contributed by atoms with Crippen molar-refractivity contribution in [3.05, 3.63) is 17.8 Å². The van der Waals surface area contributed by atoms with Gasteiger partial charge in [0, 0.05) is 37.6 Å². The average Bonchev–Trinajstić information content (AvgIpc) is 2.71. The molecule has 0 aliphatic carbocycles. The summed E-state index contributed by atoms with van der Waals surface area (Å²) in [6, 6.07) is 4.72. The minimum absolute atomic E-state index is 0.228. The second-order valence-corrected chi connectivity index (χ2v) is 7.17. The third-order valence-electron chi connectivity index (χ3n) is 4.97. The van der Waals surface area contributed by atoms with Crippen LogP contribution >= 0.6 is 0 Å². The second-order valence-electron chi connectivity index (χ2n) is 7.17. The molecule has 5 nitrogen and oxygen atoms in total. The zero-order valence-electron chi connectivity index (χ0n) is 14.1. The van der Waals surface area contributed by atoms with E-state index in [2.05, 4.69) is 39.9 Å². The highest BCUT2D eigenvalue weighted by Crippen LogP contribution is 2.35. The Kier molecular flexibility index (Phi) is 4.64. The first-order chi connectivity index (χ1) is 10.6. The normalized spacial score (nSPS) is 27.4. The summed E-state index contributed by atoms with van der Waals surface area (Å²) < 4.78 is 5.97. The van der Waals surface area contributed by atoms with E-state index in [1.807, 2.05) is 13.0 Å². The molecule has 3 heterocycles. The molecule has 1 aromatic rings. The van der Waals surface area contributed by atoms with E-state index in [0.717, 1.165) is 50.9 Å². The molecule has 0 aromatic carbocycles. The van der Waals surface area contributed by atoms with E-state index in [-0.39, 0.29) is 5.41 Å². The Balaban J connectivity index is 1.76. The SMILES string of the molecule is Cc1ccc(N2CCCC3(COCCN(C(C)C)C3)C2)nn1. The van der Waals surface area contributed by atoms with Crippen LogP contribution < -0.4 is 4.90 Å². The lowest BCUT2D eigenvalue weighted by atomic mass is 9.80. The molecule has 0 saturated carbocycles. The van der Waals surface area contributed by atoms with Gasteiger partial charge < -0.3 is 9.64 Å². The maximum Gasteiger partial charge on any atom is 0.151 e. The summed E-state index contributed by atoms with van der Waals surface area (Å²) in [6.07, 6.45) is 2.44. The number of aryl methyl sites for hydroxylation is 1. The third-order valence-corrected chi connectivity index (χ3v) is 4.97. The van der Waals surface area contributed by atoms with Crippen LogP contribution in [-0.2, 0) is 4.74 Å². The fourth-order valence-corrected chi connectivity index (χ4v) is 3.68. The van der Waals surface area contributed by atoms with Crippen molar-refractivity contribution in [2.75, 3.05) is 44.3 Å². The summed E-state index contributed by atoms with van der Waals surface area (Å²) >= 11 is 0. The molecule has 5 heteroatoms. The van der Waals surface area contributed by atoms with Gasteiger partial charge in [0.25, 0.3) is 0 Å². The number of nitrogens with zero attached hydrogens (tertiary/aromatic N) is 4. The molecule has 2 saturated heterocycles. The van der Waals surface area contributed by atoms with Gasteiger partial charge in [-0.3, -0.25) is 4.90 Å². The molecule has 1 unspecified atom stereocenters. The van der Waals surface area contributed by atoms with E-state index < -0.39 is 0 Å². The Morgan fingerprint density at radius 3 is 2.77 bits per heavy atom. The van der Waals surface area contributed by atoms with Crippen molar-refractivity contribution in [1.29, 1.82) is 0 Å². The molecule has 1 spiro atoms. The quantitative estimate of drug-likeness (QED) is 0.837. The maximum atomic E-state index is 5.97. The molecule has 0 radical (unpaired) electrons. The average molecular weight is 304 g/mol. The van der Waals surface area contributed by atoms with Crippen molar-refractivity contribution >= 4 is 5.82 Å². The summed E-state index contributed by atoms with van der Waals surface area (Å²) in [5.41, 5.74) is 1.20.